The second-order valence-electron chi connectivity index (χ2n) is 11.3. The Balaban J connectivity index is 1.32. The number of benzene rings is 1. The maximum absolute atomic E-state index is 13.9. The number of hydrogen-bond donors (Lipinski definition) is 3. The summed E-state index contributed by atoms with van der Waals surface area (Å²) in [6, 6.07) is 4.12. The number of methoxy groups -OCH3 is 2. The van der Waals surface area contributed by atoms with Gasteiger partial charge in [-0.25, -0.2) is 9.97 Å². The van der Waals surface area contributed by atoms with E-state index >= 15 is 0 Å². The summed E-state index contributed by atoms with van der Waals surface area (Å²) in [6.45, 7) is 2.91. The lowest BCUT2D eigenvalue weighted by atomic mass is 9.97. The number of aliphatic carboxylic acids is 1. The molecule has 2 aromatic rings. The lowest BCUT2D eigenvalue weighted by Gasteiger charge is -2.35. The summed E-state index contributed by atoms with van der Waals surface area (Å²) < 4.78 is 52.1. The molecule has 4 heterocycles. The number of carbonyl (C=O) groups is 2. The minimum absolute atomic E-state index is 0.0802. The van der Waals surface area contributed by atoms with Crippen LogP contribution in [0.1, 0.15) is 53.7 Å². The van der Waals surface area contributed by atoms with Crippen LogP contribution in [0.3, 0.4) is 0 Å². The van der Waals surface area contributed by atoms with Crippen LogP contribution >= 0.6 is 11.8 Å². The molecule has 3 aliphatic rings. The van der Waals surface area contributed by atoms with Gasteiger partial charge in [-0.3, -0.25) is 14.5 Å². The molecule has 2 fully saturated rings. The minimum Gasteiger partial charge on any atom is -0.496 e. The lowest BCUT2D eigenvalue weighted by molar-refractivity contribution is -0.142. The van der Waals surface area contributed by atoms with Crippen molar-refractivity contribution in [2.75, 3.05) is 51.9 Å². The van der Waals surface area contributed by atoms with E-state index in [1.165, 1.54) is 37.3 Å². The maximum Gasteiger partial charge on any atom is 0.419 e. The third kappa shape index (κ3) is 7.82. The fraction of sp³-hybridized carbons (Fsp3) is 0.533. The number of piperidine rings is 2. The van der Waals surface area contributed by atoms with Gasteiger partial charge in [0, 0.05) is 37.7 Å². The molecule has 11 nitrogen and oxygen atoms in total. The van der Waals surface area contributed by atoms with E-state index in [4.69, 9.17) is 9.47 Å². The summed E-state index contributed by atoms with van der Waals surface area (Å²) >= 11 is 1.34. The Labute approximate surface area is 263 Å². The quantitative estimate of drug-likeness (QED) is 0.345. The van der Waals surface area contributed by atoms with Crippen molar-refractivity contribution in [2.45, 2.75) is 49.8 Å². The zero-order valence-corrected chi connectivity index (χ0v) is 25.9. The van der Waals surface area contributed by atoms with Crippen LogP contribution < -0.4 is 20.3 Å². The van der Waals surface area contributed by atoms with Crippen molar-refractivity contribution in [3.8, 4) is 5.75 Å². The van der Waals surface area contributed by atoms with Crippen LogP contribution in [0.4, 0.5) is 19.0 Å². The molecule has 0 saturated carbocycles. The predicted molar refractivity (Wildman–Crippen MR) is 163 cm³/mol. The van der Waals surface area contributed by atoms with Gasteiger partial charge in [-0.2, -0.15) is 13.2 Å². The number of amides is 1. The highest BCUT2D eigenvalue weighted by Gasteiger charge is 2.37. The second-order valence-corrected chi connectivity index (χ2v) is 12.5. The molecule has 1 amide bonds. The number of nitrogens with one attached hydrogen (secondary N) is 2. The van der Waals surface area contributed by atoms with Crippen LogP contribution in [0, 0.1) is 5.92 Å². The molecule has 5 rings (SSSR count). The van der Waals surface area contributed by atoms with Gasteiger partial charge in [-0.15, -0.1) is 0 Å². The SMILES string of the molecule is COCC1CCCCN1CC1=C(c2ccc(OC)c(C(F)(F)F)c2)NC(NC(=O)c2cnc(N3CCC(C(=O)O)CC3)cn2)S1. The van der Waals surface area contributed by atoms with Gasteiger partial charge in [-0.05, 0) is 56.0 Å². The van der Waals surface area contributed by atoms with Crippen molar-refractivity contribution >= 4 is 35.2 Å². The van der Waals surface area contributed by atoms with Gasteiger partial charge >= 0.3 is 12.1 Å². The fourth-order valence-electron chi connectivity index (χ4n) is 5.94. The van der Waals surface area contributed by atoms with E-state index in [1.54, 1.807) is 13.2 Å². The number of carboxylic acids is 1. The van der Waals surface area contributed by atoms with Crippen molar-refractivity contribution in [1.29, 1.82) is 0 Å². The number of carbonyl (C=O) groups excluding carboxylic acids is 1. The van der Waals surface area contributed by atoms with Crippen LogP contribution in [0.5, 0.6) is 5.75 Å². The van der Waals surface area contributed by atoms with Gasteiger partial charge in [0.25, 0.3) is 5.91 Å². The largest absolute Gasteiger partial charge is 0.496 e. The van der Waals surface area contributed by atoms with Gasteiger partial charge in [0.15, 0.2) is 5.50 Å². The summed E-state index contributed by atoms with van der Waals surface area (Å²) in [6.07, 6.45) is 2.29. The lowest BCUT2D eigenvalue weighted by Crippen LogP contribution is -2.43. The van der Waals surface area contributed by atoms with Crippen molar-refractivity contribution in [2.24, 2.45) is 5.92 Å². The Bertz CT molecular complexity index is 1400. The number of carboxylic acid groups (broad SMARTS) is 1. The first-order chi connectivity index (χ1) is 21.6. The van der Waals surface area contributed by atoms with Crippen molar-refractivity contribution in [3.63, 3.8) is 0 Å². The van der Waals surface area contributed by atoms with Crippen LogP contribution in [0.2, 0.25) is 0 Å². The molecule has 1 aromatic carbocycles. The number of thioether (sulfide) groups is 1. The monoisotopic (exact) mass is 650 g/mol. The number of rotatable bonds is 10. The van der Waals surface area contributed by atoms with Crippen molar-refractivity contribution in [1.82, 2.24) is 25.5 Å². The molecule has 3 N–H and O–H groups in total. The van der Waals surface area contributed by atoms with Crippen LogP contribution in [0.15, 0.2) is 35.5 Å². The molecule has 2 unspecified atom stereocenters. The number of hydrogen-bond acceptors (Lipinski definition) is 10. The first kappa shape index (κ1) is 32.8. The van der Waals surface area contributed by atoms with Gasteiger partial charge in [0.05, 0.1) is 43.3 Å². The van der Waals surface area contributed by atoms with Crippen LogP contribution in [0.25, 0.3) is 5.70 Å². The predicted octanol–water partition coefficient (Wildman–Crippen LogP) is 4.02. The Morgan fingerprint density at radius 2 is 1.89 bits per heavy atom. The third-order valence-corrected chi connectivity index (χ3v) is 9.45. The van der Waals surface area contributed by atoms with Crippen molar-refractivity contribution in [3.05, 3.63) is 52.3 Å². The molecular weight excluding hydrogens is 613 g/mol. The summed E-state index contributed by atoms with van der Waals surface area (Å²) in [4.78, 5) is 38.1. The van der Waals surface area contributed by atoms with Gasteiger partial charge in [-0.1, -0.05) is 18.2 Å². The first-order valence-corrected chi connectivity index (χ1v) is 15.7. The number of alkyl halides is 3. The molecule has 2 atom stereocenters. The minimum atomic E-state index is -4.62. The third-order valence-electron chi connectivity index (χ3n) is 8.36. The number of aromatic nitrogens is 2. The smallest absolute Gasteiger partial charge is 0.419 e. The molecule has 45 heavy (non-hydrogen) atoms. The summed E-state index contributed by atoms with van der Waals surface area (Å²) in [7, 11) is 2.86. The van der Waals surface area contributed by atoms with E-state index in [9.17, 15) is 27.9 Å². The summed E-state index contributed by atoms with van der Waals surface area (Å²) in [5, 5.41) is 15.3. The van der Waals surface area contributed by atoms with Gasteiger partial charge in [0.1, 0.15) is 17.3 Å². The highest BCUT2D eigenvalue weighted by Crippen LogP contribution is 2.41. The zero-order valence-electron chi connectivity index (χ0n) is 25.1. The number of ether oxygens (including phenoxy) is 2. The fourth-order valence-corrected chi connectivity index (χ4v) is 7.10. The van der Waals surface area contributed by atoms with E-state index < -0.39 is 29.1 Å². The Kier molecular flexibility index (Phi) is 10.4. The van der Waals surface area contributed by atoms with Crippen molar-refractivity contribution < 1.29 is 37.3 Å². The van der Waals surface area contributed by atoms with Gasteiger partial charge in [0.2, 0.25) is 0 Å². The van der Waals surface area contributed by atoms with Crippen LogP contribution in [-0.4, -0.2) is 90.4 Å². The van der Waals surface area contributed by atoms with Crippen LogP contribution in [-0.2, 0) is 15.7 Å². The molecule has 0 aliphatic carbocycles. The maximum atomic E-state index is 13.9. The number of halogens is 3. The molecule has 244 valence electrons. The molecule has 2 saturated heterocycles. The summed E-state index contributed by atoms with van der Waals surface area (Å²) in [5.74, 6) is -1.39. The molecule has 0 spiro atoms. The average Bonchev–Trinajstić information content (AvgIpc) is 3.43. The topological polar surface area (TPSA) is 129 Å². The van der Waals surface area contributed by atoms with E-state index in [0.717, 1.165) is 36.8 Å². The van der Waals surface area contributed by atoms with Gasteiger partial charge < -0.3 is 30.1 Å². The normalized spacial score (nSPS) is 21.5. The molecular formula is C30H37F3N6O5S. The Hall–Kier alpha value is -3.56. The van der Waals surface area contributed by atoms with E-state index in [0.29, 0.717) is 56.2 Å². The summed E-state index contributed by atoms with van der Waals surface area (Å²) in [5.41, 5.74) is -0.631. The standard InChI is InChI=1S/C30H37F3N6O5S/c1-43-17-20-5-3-4-10-39(20)16-24-26(19-6-7-23(44-2)21(13-19)30(31,32)33)36-29(45-24)37-27(40)22-14-35-25(15-34-22)38-11-8-18(9-12-38)28(41)42/h6-7,13-15,18,20,29,36H,3-5,8-12,16-17H2,1-2H3,(H,37,40)(H,41,42). The highest BCUT2D eigenvalue weighted by atomic mass is 32.2. The average molecular weight is 651 g/mol. The second kappa shape index (κ2) is 14.3. The number of nitrogens with zero attached hydrogens (tertiary/aromatic N) is 4. The molecule has 0 radical (unpaired) electrons. The Morgan fingerprint density at radius 3 is 2.53 bits per heavy atom. The number of likely N-dealkylation sites (tertiary alicyclic amines) is 1. The number of anilines is 1. The molecule has 1 aromatic heterocycles. The zero-order chi connectivity index (χ0) is 32.1. The highest BCUT2D eigenvalue weighted by molar-refractivity contribution is 8.04. The van der Waals surface area contributed by atoms with E-state index in [-0.39, 0.29) is 23.4 Å². The Morgan fingerprint density at radius 1 is 1.11 bits per heavy atom. The molecule has 3 aliphatic heterocycles. The van der Waals surface area contributed by atoms with E-state index in [2.05, 4.69) is 25.5 Å². The first-order valence-electron chi connectivity index (χ1n) is 14.8. The molecule has 15 heteroatoms. The van der Waals surface area contributed by atoms with E-state index in [1.807, 2.05) is 4.90 Å². The molecule has 0 bridgehead atoms.